The van der Waals surface area contributed by atoms with Gasteiger partial charge in [-0.15, -0.1) is 0 Å². The fourth-order valence-electron chi connectivity index (χ4n) is 4.41. The predicted octanol–water partition coefficient (Wildman–Crippen LogP) is 5.55. The number of carbonyl (C=O) groups excluding carboxylic acids is 2. The SMILES string of the molecule is CC1(C)CC(=O)c2c(oc(NC3CCCCC3)c2C(=O)c2ccc(F)cc2)C1. The Balaban J connectivity index is 1.77. The summed E-state index contributed by atoms with van der Waals surface area (Å²) >= 11 is 0. The Bertz CT molecular complexity index is 905. The molecular weight excluding hydrogens is 357 g/mol. The summed E-state index contributed by atoms with van der Waals surface area (Å²) in [4.78, 5) is 26.2. The normalized spacial score (nSPS) is 19.3. The molecule has 0 radical (unpaired) electrons. The molecule has 5 heteroatoms. The number of anilines is 1. The number of carbonyl (C=O) groups is 2. The molecule has 2 aliphatic carbocycles. The summed E-state index contributed by atoms with van der Waals surface area (Å²) in [5.41, 5.74) is 0.884. The first-order valence-electron chi connectivity index (χ1n) is 10.1. The molecule has 0 aliphatic heterocycles. The van der Waals surface area contributed by atoms with Crippen molar-refractivity contribution in [2.75, 3.05) is 5.32 Å². The maximum atomic E-state index is 13.3. The minimum atomic E-state index is -0.399. The molecule has 4 nitrogen and oxygen atoms in total. The van der Waals surface area contributed by atoms with E-state index in [1.807, 2.05) is 13.8 Å². The third-order valence-electron chi connectivity index (χ3n) is 5.81. The zero-order valence-corrected chi connectivity index (χ0v) is 16.4. The van der Waals surface area contributed by atoms with Crippen molar-refractivity contribution >= 4 is 17.5 Å². The number of furan rings is 1. The van der Waals surface area contributed by atoms with Crippen molar-refractivity contribution < 1.29 is 18.4 Å². The standard InChI is InChI=1S/C23H26FNO3/c1-23(2)12-17(26)19-18(13-23)28-22(25-16-6-4-3-5-7-16)20(19)21(27)14-8-10-15(24)11-9-14/h8-11,16,25H,3-7,12-13H2,1-2H3. The van der Waals surface area contributed by atoms with E-state index in [4.69, 9.17) is 4.42 Å². The molecule has 0 atom stereocenters. The zero-order chi connectivity index (χ0) is 19.9. The second-order valence-corrected chi connectivity index (χ2v) is 8.86. The minimum Gasteiger partial charge on any atom is -0.444 e. The molecule has 1 aromatic carbocycles. The van der Waals surface area contributed by atoms with Crippen LogP contribution in [0.25, 0.3) is 0 Å². The van der Waals surface area contributed by atoms with Crippen LogP contribution in [-0.2, 0) is 6.42 Å². The number of hydrogen-bond donors (Lipinski definition) is 1. The van der Waals surface area contributed by atoms with Crippen molar-refractivity contribution in [3.05, 3.63) is 52.5 Å². The van der Waals surface area contributed by atoms with E-state index in [9.17, 15) is 14.0 Å². The Labute approximate surface area is 164 Å². The van der Waals surface area contributed by atoms with Gasteiger partial charge in [-0.05, 0) is 42.5 Å². The molecule has 0 bridgehead atoms. The third-order valence-corrected chi connectivity index (χ3v) is 5.81. The van der Waals surface area contributed by atoms with Crippen LogP contribution in [0.1, 0.15) is 84.4 Å². The second kappa shape index (κ2) is 7.19. The molecule has 28 heavy (non-hydrogen) atoms. The number of halogens is 1. The Morgan fingerprint density at radius 3 is 2.46 bits per heavy atom. The quantitative estimate of drug-likeness (QED) is 0.703. The van der Waals surface area contributed by atoms with Gasteiger partial charge in [-0.3, -0.25) is 9.59 Å². The Morgan fingerprint density at radius 2 is 1.79 bits per heavy atom. The number of Topliss-reactive ketones (excluding diaryl/α,β-unsaturated/α-hetero) is 1. The maximum absolute atomic E-state index is 13.3. The van der Waals surface area contributed by atoms with Crippen LogP contribution in [0.3, 0.4) is 0 Å². The molecule has 1 N–H and O–H groups in total. The van der Waals surface area contributed by atoms with E-state index in [-0.39, 0.29) is 23.0 Å². The summed E-state index contributed by atoms with van der Waals surface area (Å²) in [5.74, 6) is 0.236. The van der Waals surface area contributed by atoms with Gasteiger partial charge in [-0.25, -0.2) is 4.39 Å². The molecule has 148 valence electrons. The maximum Gasteiger partial charge on any atom is 0.205 e. The van der Waals surface area contributed by atoms with Crippen LogP contribution in [0.2, 0.25) is 0 Å². The summed E-state index contributed by atoms with van der Waals surface area (Å²) in [6, 6.07) is 5.68. The van der Waals surface area contributed by atoms with Gasteiger partial charge in [0, 0.05) is 24.4 Å². The largest absolute Gasteiger partial charge is 0.444 e. The number of rotatable bonds is 4. The van der Waals surface area contributed by atoms with Crippen LogP contribution >= 0.6 is 0 Å². The van der Waals surface area contributed by atoms with Crippen molar-refractivity contribution in [2.45, 2.75) is 64.8 Å². The molecule has 1 saturated carbocycles. The molecular formula is C23H26FNO3. The van der Waals surface area contributed by atoms with Crippen molar-refractivity contribution in [2.24, 2.45) is 5.41 Å². The predicted molar refractivity (Wildman–Crippen MR) is 105 cm³/mol. The summed E-state index contributed by atoms with van der Waals surface area (Å²) in [6.45, 7) is 4.07. The van der Waals surface area contributed by atoms with Crippen LogP contribution in [0.5, 0.6) is 0 Å². The summed E-state index contributed by atoms with van der Waals surface area (Å²) in [7, 11) is 0. The van der Waals surface area contributed by atoms with Crippen molar-refractivity contribution in [1.29, 1.82) is 0 Å². The Hall–Kier alpha value is -2.43. The van der Waals surface area contributed by atoms with Crippen LogP contribution in [0, 0.1) is 11.2 Å². The van der Waals surface area contributed by atoms with Crippen molar-refractivity contribution in [3.8, 4) is 0 Å². The van der Waals surface area contributed by atoms with Gasteiger partial charge in [0.2, 0.25) is 5.88 Å². The van der Waals surface area contributed by atoms with Gasteiger partial charge in [-0.2, -0.15) is 0 Å². The highest BCUT2D eigenvalue weighted by molar-refractivity contribution is 6.19. The van der Waals surface area contributed by atoms with Gasteiger partial charge >= 0.3 is 0 Å². The molecule has 0 saturated heterocycles. The van der Waals surface area contributed by atoms with Gasteiger partial charge in [0.05, 0.1) is 11.1 Å². The van der Waals surface area contributed by atoms with Crippen LogP contribution in [-0.4, -0.2) is 17.6 Å². The Morgan fingerprint density at radius 1 is 1.11 bits per heavy atom. The lowest BCUT2D eigenvalue weighted by atomic mass is 9.75. The Kier molecular flexibility index (Phi) is 4.86. The van der Waals surface area contributed by atoms with Gasteiger partial charge in [0.1, 0.15) is 11.6 Å². The lowest BCUT2D eigenvalue weighted by molar-refractivity contribution is 0.0896. The third kappa shape index (κ3) is 3.62. The summed E-state index contributed by atoms with van der Waals surface area (Å²) < 4.78 is 19.4. The van der Waals surface area contributed by atoms with E-state index in [0.717, 1.165) is 25.7 Å². The molecule has 2 aromatic rings. The topological polar surface area (TPSA) is 59.3 Å². The first kappa shape index (κ1) is 18.9. The summed E-state index contributed by atoms with van der Waals surface area (Å²) in [5, 5.41) is 3.40. The first-order valence-corrected chi connectivity index (χ1v) is 10.1. The smallest absolute Gasteiger partial charge is 0.205 e. The van der Waals surface area contributed by atoms with E-state index < -0.39 is 5.82 Å². The van der Waals surface area contributed by atoms with Crippen LogP contribution in [0.15, 0.2) is 28.7 Å². The average Bonchev–Trinajstić information content (AvgIpc) is 2.99. The second-order valence-electron chi connectivity index (χ2n) is 8.86. The molecule has 1 heterocycles. The highest BCUT2D eigenvalue weighted by atomic mass is 19.1. The van der Waals surface area contributed by atoms with E-state index in [1.165, 1.54) is 30.7 Å². The van der Waals surface area contributed by atoms with Gasteiger partial charge in [-0.1, -0.05) is 33.1 Å². The molecule has 2 aliphatic rings. The van der Waals surface area contributed by atoms with E-state index in [0.29, 0.717) is 41.2 Å². The fraction of sp³-hybridized carbons (Fsp3) is 0.478. The minimum absolute atomic E-state index is 0.0582. The average molecular weight is 383 g/mol. The lowest BCUT2D eigenvalue weighted by Gasteiger charge is -2.27. The monoisotopic (exact) mass is 383 g/mol. The number of benzene rings is 1. The van der Waals surface area contributed by atoms with Crippen molar-refractivity contribution in [1.82, 2.24) is 0 Å². The van der Waals surface area contributed by atoms with E-state index in [1.54, 1.807) is 0 Å². The highest BCUT2D eigenvalue weighted by Gasteiger charge is 2.39. The lowest BCUT2D eigenvalue weighted by Crippen LogP contribution is -2.27. The van der Waals surface area contributed by atoms with Gasteiger partial charge < -0.3 is 9.73 Å². The molecule has 1 aromatic heterocycles. The van der Waals surface area contributed by atoms with Gasteiger partial charge in [0.25, 0.3) is 0 Å². The first-order chi connectivity index (χ1) is 13.3. The number of fused-ring (bicyclic) bond motifs is 1. The molecule has 1 fully saturated rings. The molecule has 0 amide bonds. The highest BCUT2D eigenvalue weighted by Crippen LogP contribution is 2.41. The number of hydrogen-bond acceptors (Lipinski definition) is 4. The summed E-state index contributed by atoms with van der Waals surface area (Å²) in [6.07, 6.45) is 6.55. The van der Waals surface area contributed by atoms with Crippen molar-refractivity contribution in [3.63, 3.8) is 0 Å². The van der Waals surface area contributed by atoms with Crippen LogP contribution in [0.4, 0.5) is 10.3 Å². The van der Waals surface area contributed by atoms with Gasteiger partial charge in [0.15, 0.2) is 11.6 Å². The number of nitrogens with one attached hydrogen (secondary N) is 1. The molecule has 0 spiro atoms. The fourth-order valence-corrected chi connectivity index (χ4v) is 4.41. The molecule has 4 rings (SSSR count). The zero-order valence-electron chi connectivity index (χ0n) is 16.4. The number of ketones is 2. The molecule has 0 unspecified atom stereocenters. The van der Waals surface area contributed by atoms with E-state index >= 15 is 0 Å². The van der Waals surface area contributed by atoms with E-state index in [2.05, 4.69) is 5.32 Å². The van der Waals surface area contributed by atoms with Crippen LogP contribution < -0.4 is 5.32 Å².